The van der Waals surface area contributed by atoms with E-state index in [9.17, 15) is 0 Å². The SMILES string of the molecule is COc1ccc2ccccc2c1CCCN1CCOCC1. The van der Waals surface area contributed by atoms with Gasteiger partial charge in [-0.2, -0.15) is 0 Å². The van der Waals surface area contributed by atoms with Crippen LogP contribution in [0.15, 0.2) is 36.4 Å². The Morgan fingerprint density at radius 1 is 1.10 bits per heavy atom. The fraction of sp³-hybridized carbons (Fsp3) is 0.444. The highest BCUT2D eigenvalue weighted by atomic mass is 16.5. The fourth-order valence-electron chi connectivity index (χ4n) is 3.07. The number of methoxy groups -OCH3 is 1. The third-order valence-electron chi connectivity index (χ3n) is 4.22. The quantitative estimate of drug-likeness (QED) is 0.842. The second-order valence-electron chi connectivity index (χ2n) is 5.53. The lowest BCUT2D eigenvalue weighted by Gasteiger charge is -2.26. The fourth-order valence-corrected chi connectivity index (χ4v) is 3.07. The molecule has 3 rings (SSSR count). The highest BCUT2D eigenvalue weighted by molar-refractivity contribution is 5.87. The zero-order valence-corrected chi connectivity index (χ0v) is 12.7. The Bertz CT molecular complexity index is 591. The van der Waals surface area contributed by atoms with E-state index in [4.69, 9.17) is 9.47 Å². The van der Waals surface area contributed by atoms with Gasteiger partial charge in [0.1, 0.15) is 5.75 Å². The van der Waals surface area contributed by atoms with Crippen molar-refractivity contribution in [1.29, 1.82) is 0 Å². The normalized spacial score (nSPS) is 16.2. The molecule has 3 nitrogen and oxygen atoms in total. The third kappa shape index (κ3) is 3.36. The van der Waals surface area contributed by atoms with E-state index in [0.29, 0.717) is 0 Å². The lowest BCUT2D eigenvalue weighted by atomic mass is 9.99. The predicted molar refractivity (Wildman–Crippen MR) is 86.1 cm³/mol. The lowest BCUT2D eigenvalue weighted by molar-refractivity contribution is 0.0374. The molecule has 1 aliphatic rings. The maximum Gasteiger partial charge on any atom is 0.122 e. The number of nitrogens with zero attached hydrogens (tertiary/aromatic N) is 1. The monoisotopic (exact) mass is 285 g/mol. The van der Waals surface area contributed by atoms with Crippen LogP contribution < -0.4 is 4.74 Å². The van der Waals surface area contributed by atoms with E-state index in [1.165, 1.54) is 16.3 Å². The minimum Gasteiger partial charge on any atom is -0.496 e. The second kappa shape index (κ2) is 6.92. The van der Waals surface area contributed by atoms with Crippen LogP contribution in [-0.2, 0) is 11.2 Å². The molecule has 0 unspecified atom stereocenters. The molecule has 1 fully saturated rings. The minimum atomic E-state index is 0.873. The van der Waals surface area contributed by atoms with Crippen LogP contribution in [0.4, 0.5) is 0 Å². The van der Waals surface area contributed by atoms with E-state index in [2.05, 4.69) is 41.3 Å². The molecule has 0 spiro atoms. The molecule has 1 saturated heterocycles. The number of aryl methyl sites for hydroxylation is 1. The van der Waals surface area contributed by atoms with Crippen molar-refractivity contribution in [2.45, 2.75) is 12.8 Å². The minimum absolute atomic E-state index is 0.873. The zero-order chi connectivity index (χ0) is 14.5. The maximum atomic E-state index is 5.56. The number of morpholine rings is 1. The maximum absolute atomic E-state index is 5.56. The molecule has 1 aliphatic heterocycles. The van der Waals surface area contributed by atoms with Gasteiger partial charge in [0.2, 0.25) is 0 Å². The van der Waals surface area contributed by atoms with Crippen LogP contribution in [0.1, 0.15) is 12.0 Å². The Hall–Kier alpha value is -1.58. The molecule has 0 aromatic heterocycles. The number of rotatable bonds is 5. The summed E-state index contributed by atoms with van der Waals surface area (Å²) in [5.41, 5.74) is 1.34. The van der Waals surface area contributed by atoms with E-state index in [1.807, 2.05) is 0 Å². The first kappa shape index (κ1) is 14.4. The van der Waals surface area contributed by atoms with Crippen molar-refractivity contribution in [2.75, 3.05) is 40.0 Å². The molecule has 0 aliphatic carbocycles. The summed E-state index contributed by atoms with van der Waals surface area (Å²) in [5.74, 6) is 1.01. The summed E-state index contributed by atoms with van der Waals surface area (Å²) in [6, 6.07) is 12.8. The number of fused-ring (bicyclic) bond motifs is 1. The molecule has 0 saturated carbocycles. The van der Waals surface area contributed by atoms with Gasteiger partial charge in [-0.3, -0.25) is 4.90 Å². The van der Waals surface area contributed by atoms with Crippen molar-refractivity contribution in [2.24, 2.45) is 0 Å². The van der Waals surface area contributed by atoms with Crippen molar-refractivity contribution >= 4 is 10.8 Å². The van der Waals surface area contributed by atoms with E-state index in [-0.39, 0.29) is 0 Å². The molecular weight excluding hydrogens is 262 g/mol. The van der Waals surface area contributed by atoms with Crippen LogP contribution in [-0.4, -0.2) is 44.9 Å². The molecule has 0 bridgehead atoms. The zero-order valence-electron chi connectivity index (χ0n) is 12.7. The summed E-state index contributed by atoms with van der Waals surface area (Å²) in [7, 11) is 1.76. The van der Waals surface area contributed by atoms with E-state index >= 15 is 0 Å². The molecular formula is C18H23NO2. The summed E-state index contributed by atoms with van der Waals surface area (Å²) < 4.78 is 11.0. The first-order valence-corrected chi connectivity index (χ1v) is 7.73. The third-order valence-corrected chi connectivity index (χ3v) is 4.22. The van der Waals surface area contributed by atoms with Crippen molar-refractivity contribution < 1.29 is 9.47 Å². The standard InChI is InChI=1S/C18H23NO2/c1-20-18-9-8-15-5-2-3-6-16(15)17(18)7-4-10-19-11-13-21-14-12-19/h2-3,5-6,8-9H,4,7,10-14H2,1H3. The number of ether oxygens (including phenoxy) is 2. The average molecular weight is 285 g/mol. The van der Waals surface area contributed by atoms with E-state index in [1.54, 1.807) is 7.11 Å². The molecule has 2 aromatic carbocycles. The largest absolute Gasteiger partial charge is 0.496 e. The Labute approximate surface area is 126 Å². The number of hydrogen-bond donors (Lipinski definition) is 0. The number of hydrogen-bond acceptors (Lipinski definition) is 3. The highest BCUT2D eigenvalue weighted by Gasteiger charge is 2.12. The predicted octanol–water partition coefficient (Wildman–Crippen LogP) is 3.11. The van der Waals surface area contributed by atoms with Gasteiger partial charge < -0.3 is 9.47 Å². The van der Waals surface area contributed by atoms with Gasteiger partial charge in [0.05, 0.1) is 20.3 Å². The smallest absolute Gasteiger partial charge is 0.122 e. The van der Waals surface area contributed by atoms with Crippen LogP contribution in [0.2, 0.25) is 0 Å². The lowest BCUT2D eigenvalue weighted by Crippen LogP contribution is -2.36. The summed E-state index contributed by atoms with van der Waals surface area (Å²) in [6.07, 6.45) is 2.21. The van der Waals surface area contributed by atoms with Gasteiger partial charge in [0, 0.05) is 18.7 Å². The van der Waals surface area contributed by atoms with Gasteiger partial charge in [0.15, 0.2) is 0 Å². The van der Waals surface area contributed by atoms with Gasteiger partial charge in [-0.15, -0.1) is 0 Å². The molecule has 21 heavy (non-hydrogen) atoms. The molecule has 0 amide bonds. The summed E-state index contributed by atoms with van der Waals surface area (Å²) >= 11 is 0. The van der Waals surface area contributed by atoms with Crippen LogP contribution in [0.3, 0.4) is 0 Å². The van der Waals surface area contributed by atoms with Crippen molar-refractivity contribution in [1.82, 2.24) is 4.90 Å². The molecule has 1 heterocycles. The number of benzene rings is 2. The molecule has 0 atom stereocenters. The van der Waals surface area contributed by atoms with Crippen LogP contribution in [0.5, 0.6) is 5.75 Å². The Kier molecular flexibility index (Phi) is 4.73. The van der Waals surface area contributed by atoms with Gasteiger partial charge >= 0.3 is 0 Å². The van der Waals surface area contributed by atoms with Crippen LogP contribution in [0, 0.1) is 0 Å². The van der Waals surface area contributed by atoms with E-state index in [0.717, 1.165) is 51.4 Å². The van der Waals surface area contributed by atoms with Crippen molar-refractivity contribution in [3.05, 3.63) is 42.0 Å². The van der Waals surface area contributed by atoms with Crippen molar-refractivity contribution in [3.8, 4) is 5.75 Å². The molecule has 0 radical (unpaired) electrons. The average Bonchev–Trinajstić information content (AvgIpc) is 2.56. The summed E-state index contributed by atoms with van der Waals surface area (Å²) in [6.45, 7) is 5.00. The molecule has 2 aromatic rings. The topological polar surface area (TPSA) is 21.7 Å². The van der Waals surface area contributed by atoms with Crippen LogP contribution in [0.25, 0.3) is 10.8 Å². The van der Waals surface area contributed by atoms with E-state index < -0.39 is 0 Å². The molecule has 112 valence electrons. The highest BCUT2D eigenvalue weighted by Crippen LogP contribution is 2.29. The first-order chi connectivity index (χ1) is 10.4. The van der Waals surface area contributed by atoms with Gasteiger partial charge in [-0.25, -0.2) is 0 Å². The Morgan fingerprint density at radius 3 is 2.71 bits per heavy atom. The Balaban J connectivity index is 1.72. The summed E-state index contributed by atoms with van der Waals surface area (Å²) in [5, 5.41) is 2.61. The first-order valence-electron chi connectivity index (χ1n) is 7.73. The van der Waals surface area contributed by atoms with Gasteiger partial charge in [-0.1, -0.05) is 30.3 Å². The van der Waals surface area contributed by atoms with Gasteiger partial charge in [-0.05, 0) is 36.2 Å². The Morgan fingerprint density at radius 2 is 1.90 bits per heavy atom. The van der Waals surface area contributed by atoms with Crippen LogP contribution >= 0.6 is 0 Å². The van der Waals surface area contributed by atoms with Crippen molar-refractivity contribution in [3.63, 3.8) is 0 Å². The molecule has 0 N–H and O–H groups in total. The van der Waals surface area contributed by atoms with Gasteiger partial charge in [0.25, 0.3) is 0 Å². The molecule has 3 heteroatoms. The second-order valence-corrected chi connectivity index (χ2v) is 5.53. The summed E-state index contributed by atoms with van der Waals surface area (Å²) in [4.78, 5) is 2.49.